The molecule has 0 N–H and O–H groups in total. The first kappa shape index (κ1) is 10.7. The zero-order chi connectivity index (χ0) is 11.4. The van der Waals surface area contributed by atoms with Crippen LogP contribution in [0.5, 0.6) is 0 Å². The van der Waals surface area contributed by atoms with E-state index in [0.717, 1.165) is 12.8 Å². The molecule has 1 heterocycles. The molecule has 1 aromatic rings. The number of carbonyl (C=O) groups excluding carboxylic acids is 1. The third kappa shape index (κ3) is 2.42. The van der Waals surface area contributed by atoms with Crippen LogP contribution in [-0.2, 0) is 15.9 Å². The summed E-state index contributed by atoms with van der Waals surface area (Å²) in [5.74, 6) is 0. The quantitative estimate of drug-likeness (QED) is 0.575. The van der Waals surface area contributed by atoms with Crippen molar-refractivity contribution >= 4 is 6.16 Å². The lowest BCUT2D eigenvalue weighted by Crippen LogP contribution is -2.20. The topological polar surface area (TPSA) is 35.5 Å². The van der Waals surface area contributed by atoms with Crippen molar-refractivity contribution in [2.45, 2.75) is 25.0 Å². The van der Waals surface area contributed by atoms with Crippen LogP contribution in [0.2, 0.25) is 0 Å². The van der Waals surface area contributed by atoms with E-state index in [1.165, 1.54) is 5.56 Å². The number of ether oxygens (including phenoxy) is 2. The lowest BCUT2D eigenvalue weighted by molar-refractivity contribution is 0.116. The van der Waals surface area contributed by atoms with Gasteiger partial charge in [-0.15, -0.1) is 0 Å². The van der Waals surface area contributed by atoms with E-state index in [0.29, 0.717) is 0 Å². The van der Waals surface area contributed by atoms with Gasteiger partial charge in [0, 0.05) is 0 Å². The Bertz CT molecular complexity index is 372. The number of cyclic esters (lactones) is 2. The Morgan fingerprint density at radius 2 is 2.00 bits per heavy atom. The molecule has 2 atom stereocenters. The summed E-state index contributed by atoms with van der Waals surface area (Å²) in [6.07, 6.45) is 2.13. The van der Waals surface area contributed by atoms with Gasteiger partial charge in [-0.3, -0.25) is 0 Å². The number of benzene rings is 1. The summed E-state index contributed by atoms with van der Waals surface area (Å²) in [6.45, 7) is 3.63. The first-order valence-electron chi connectivity index (χ1n) is 5.33. The molecule has 2 rings (SSSR count). The van der Waals surface area contributed by atoms with Crippen LogP contribution in [-0.4, -0.2) is 18.4 Å². The number of hydrogen-bond acceptors (Lipinski definition) is 3. The summed E-state index contributed by atoms with van der Waals surface area (Å²) < 4.78 is 9.99. The Morgan fingerprint density at radius 3 is 2.69 bits per heavy atom. The standard InChI is InChI=1S/C13H14O3/c1-2-11-12(16-13(14)15-11)9-8-10-6-4-3-5-7-10/h2-7,11-12H,1,8-9H2. The molecule has 1 fully saturated rings. The average Bonchev–Trinajstić information content (AvgIpc) is 2.68. The fourth-order valence-electron chi connectivity index (χ4n) is 1.78. The maximum Gasteiger partial charge on any atom is 0.509 e. The molecule has 1 saturated heterocycles. The summed E-state index contributed by atoms with van der Waals surface area (Å²) in [5.41, 5.74) is 1.23. The van der Waals surface area contributed by atoms with Crippen LogP contribution in [0, 0.1) is 0 Å². The van der Waals surface area contributed by atoms with E-state index in [9.17, 15) is 4.79 Å². The molecule has 16 heavy (non-hydrogen) atoms. The van der Waals surface area contributed by atoms with Crippen LogP contribution in [0.1, 0.15) is 12.0 Å². The summed E-state index contributed by atoms with van der Waals surface area (Å²) in [6, 6.07) is 10.1. The van der Waals surface area contributed by atoms with Crippen LogP contribution in [0.3, 0.4) is 0 Å². The molecule has 2 unspecified atom stereocenters. The molecule has 0 spiro atoms. The lowest BCUT2D eigenvalue weighted by Gasteiger charge is -2.11. The van der Waals surface area contributed by atoms with Gasteiger partial charge in [0.05, 0.1) is 0 Å². The molecule has 3 heteroatoms. The zero-order valence-corrected chi connectivity index (χ0v) is 8.96. The predicted octanol–water partition coefficient (Wildman–Crippen LogP) is 2.71. The van der Waals surface area contributed by atoms with Crippen molar-refractivity contribution in [2.75, 3.05) is 0 Å². The van der Waals surface area contributed by atoms with Crippen LogP contribution >= 0.6 is 0 Å². The predicted molar refractivity (Wildman–Crippen MR) is 60.1 cm³/mol. The number of hydrogen-bond donors (Lipinski definition) is 0. The Kier molecular flexibility index (Phi) is 3.25. The first-order valence-corrected chi connectivity index (χ1v) is 5.33. The fraction of sp³-hybridized carbons (Fsp3) is 0.308. The monoisotopic (exact) mass is 218 g/mol. The van der Waals surface area contributed by atoms with E-state index in [1.807, 2.05) is 18.2 Å². The second-order valence-electron chi connectivity index (χ2n) is 3.75. The summed E-state index contributed by atoms with van der Waals surface area (Å²) in [7, 11) is 0. The van der Waals surface area contributed by atoms with Gasteiger partial charge in [0.2, 0.25) is 0 Å². The maximum absolute atomic E-state index is 10.9. The maximum atomic E-state index is 10.9. The van der Waals surface area contributed by atoms with Crippen molar-refractivity contribution < 1.29 is 14.3 Å². The second-order valence-corrected chi connectivity index (χ2v) is 3.75. The van der Waals surface area contributed by atoms with Crippen molar-refractivity contribution in [3.05, 3.63) is 48.6 Å². The summed E-state index contributed by atoms with van der Waals surface area (Å²) in [5, 5.41) is 0. The molecule has 0 amide bonds. The van der Waals surface area contributed by atoms with Gasteiger partial charge in [0.15, 0.2) is 6.10 Å². The van der Waals surface area contributed by atoms with Crippen molar-refractivity contribution in [1.29, 1.82) is 0 Å². The average molecular weight is 218 g/mol. The van der Waals surface area contributed by atoms with Gasteiger partial charge in [-0.1, -0.05) is 36.9 Å². The van der Waals surface area contributed by atoms with E-state index < -0.39 is 6.16 Å². The van der Waals surface area contributed by atoms with E-state index >= 15 is 0 Å². The third-order valence-corrected chi connectivity index (χ3v) is 2.64. The highest BCUT2D eigenvalue weighted by Gasteiger charge is 2.33. The van der Waals surface area contributed by atoms with Crippen molar-refractivity contribution in [2.24, 2.45) is 0 Å². The van der Waals surface area contributed by atoms with E-state index in [1.54, 1.807) is 6.08 Å². The smallest absolute Gasteiger partial charge is 0.427 e. The van der Waals surface area contributed by atoms with Gasteiger partial charge < -0.3 is 9.47 Å². The zero-order valence-electron chi connectivity index (χ0n) is 8.96. The van der Waals surface area contributed by atoms with Crippen LogP contribution in [0.4, 0.5) is 4.79 Å². The Hall–Kier alpha value is -1.77. The molecule has 1 aliphatic rings. The van der Waals surface area contributed by atoms with Gasteiger partial charge in [0.1, 0.15) is 6.10 Å². The Labute approximate surface area is 94.7 Å². The highest BCUT2D eigenvalue weighted by molar-refractivity contribution is 5.62. The third-order valence-electron chi connectivity index (χ3n) is 2.64. The normalized spacial score (nSPS) is 23.6. The Morgan fingerprint density at radius 1 is 1.25 bits per heavy atom. The van der Waals surface area contributed by atoms with E-state index in [2.05, 4.69) is 18.7 Å². The number of carbonyl (C=O) groups is 1. The highest BCUT2D eigenvalue weighted by atomic mass is 16.8. The van der Waals surface area contributed by atoms with Gasteiger partial charge in [-0.2, -0.15) is 0 Å². The Balaban J connectivity index is 1.90. The minimum atomic E-state index is -0.594. The van der Waals surface area contributed by atoms with Crippen molar-refractivity contribution in [3.63, 3.8) is 0 Å². The van der Waals surface area contributed by atoms with Gasteiger partial charge in [0.25, 0.3) is 0 Å². The molecule has 0 saturated carbocycles. The summed E-state index contributed by atoms with van der Waals surface area (Å²) >= 11 is 0. The number of aryl methyl sites for hydroxylation is 1. The van der Waals surface area contributed by atoms with Crippen molar-refractivity contribution in [1.82, 2.24) is 0 Å². The molecule has 3 nitrogen and oxygen atoms in total. The lowest BCUT2D eigenvalue weighted by atomic mass is 10.0. The van der Waals surface area contributed by atoms with Gasteiger partial charge in [-0.25, -0.2) is 4.79 Å². The molecule has 0 aliphatic carbocycles. The minimum absolute atomic E-state index is 0.204. The fourth-order valence-corrected chi connectivity index (χ4v) is 1.78. The largest absolute Gasteiger partial charge is 0.509 e. The minimum Gasteiger partial charge on any atom is -0.427 e. The molecule has 84 valence electrons. The van der Waals surface area contributed by atoms with Crippen LogP contribution in [0.25, 0.3) is 0 Å². The molecular weight excluding hydrogens is 204 g/mol. The van der Waals surface area contributed by atoms with Crippen molar-refractivity contribution in [3.8, 4) is 0 Å². The highest BCUT2D eigenvalue weighted by Crippen LogP contribution is 2.20. The molecule has 0 aromatic heterocycles. The van der Waals surface area contributed by atoms with Gasteiger partial charge >= 0.3 is 6.16 Å². The molecular formula is C13H14O3. The summed E-state index contributed by atoms with van der Waals surface area (Å²) in [4.78, 5) is 10.9. The molecule has 0 bridgehead atoms. The number of rotatable bonds is 4. The van der Waals surface area contributed by atoms with E-state index in [4.69, 9.17) is 9.47 Å². The first-order chi connectivity index (χ1) is 7.79. The second kappa shape index (κ2) is 4.84. The molecule has 0 radical (unpaired) electrons. The van der Waals surface area contributed by atoms with Gasteiger partial charge in [-0.05, 0) is 24.5 Å². The van der Waals surface area contributed by atoms with E-state index in [-0.39, 0.29) is 12.2 Å². The van der Waals surface area contributed by atoms with Crippen LogP contribution in [0.15, 0.2) is 43.0 Å². The van der Waals surface area contributed by atoms with Crippen LogP contribution < -0.4 is 0 Å². The molecule has 1 aromatic carbocycles. The SMILES string of the molecule is C=CC1OC(=O)OC1CCc1ccccc1. The molecule has 1 aliphatic heterocycles.